The van der Waals surface area contributed by atoms with Crippen LogP contribution in [-0.2, 0) is 19.5 Å². The number of hydrogen-bond donors (Lipinski definition) is 1. The molecule has 0 radical (unpaired) electrons. The minimum atomic E-state index is 0.0829. The molecule has 3 aromatic rings. The van der Waals surface area contributed by atoms with Crippen molar-refractivity contribution in [3.05, 3.63) is 59.7 Å². The SMILES string of the molecule is COc1cc(CN2CCc3nc(-c4ccncc4)ncc3C2)cc(O)c1OC. The summed E-state index contributed by atoms with van der Waals surface area (Å²) in [5.74, 6) is 1.70. The Bertz CT molecular complexity index is 979. The van der Waals surface area contributed by atoms with Gasteiger partial charge in [-0.1, -0.05) is 0 Å². The number of methoxy groups -OCH3 is 2. The van der Waals surface area contributed by atoms with Crippen LogP contribution in [-0.4, -0.2) is 45.7 Å². The minimum absolute atomic E-state index is 0.0829. The van der Waals surface area contributed by atoms with E-state index in [1.807, 2.05) is 24.4 Å². The molecule has 0 amide bonds. The fourth-order valence-corrected chi connectivity index (χ4v) is 3.50. The van der Waals surface area contributed by atoms with E-state index in [-0.39, 0.29) is 5.75 Å². The first-order valence-electron chi connectivity index (χ1n) is 9.09. The molecule has 2 aromatic heterocycles. The summed E-state index contributed by atoms with van der Waals surface area (Å²) in [6, 6.07) is 7.46. The van der Waals surface area contributed by atoms with Crippen molar-refractivity contribution in [3.8, 4) is 28.6 Å². The average molecular weight is 378 g/mol. The van der Waals surface area contributed by atoms with Crippen molar-refractivity contribution >= 4 is 0 Å². The van der Waals surface area contributed by atoms with Crippen LogP contribution < -0.4 is 9.47 Å². The van der Waals surface area contributed by atoms with Crippen LogP contribution in [0.4, 0.5) is 0 Å². The van der Waals surface area contributed by atoms with Crippen LogP contribution in [0.25, 0.3) is 11.4 Å². The van der Waals surface area contributed by atoms with Crippen LogP contribution in [0.15, 0.2) is 42.9 Å². The number of pyridine rings is 1. The molecule has 1 aliphatic rings. The van der Waals surface area contributed by atoms with Crippen molar-refractivity contribution in [2.24, 2.45) is 0 Å². The molecule has 1 N–H and O–H groups in total. The first-order valence-corrected chi connectivity index (χ1v) is 9.09. The van der Waals surface area contributed by atoms with Gasteiger partial charge in [-0.2, -0.15) is 0 Å². The van der Waals surface area contributed by atoms with Crippen LogP contribution in [0.2, 0.25) is 0 Å². The maximum absolute atomic E-state index is 10.2. The average Bonchev–Trinajstić information content (AvgIpc) is 2.73. The van der Waals surface area contributed by atoms with E-state index in [1.165, 1.54) is 7.11 Å². The molecule has 144 valence electrons. The molecule has 3 heterocycles. The number of phenolic OH excluding ortho intramolecular Hbond substituents is 1. The number of benzene rings is 1. The molecule has 7 heteroatoms. The Hall–Kier alpha value is -3.19. The van der Waals surface area contributed by atoms with Crippen molar-refractivity contribution in [1.82, 2.24) is 19.9 Å². The Morgan fingerprint density at radius 3 is 2.71 bits per heavy atom. The third-order valence-corrected chi connectivity index (χ3v) is 4.88. The number of aromatic hydroxyl groups is 1. The Balaban J connectivity index is 1.51. The Morgan fingerprint density at radius 1 is 1.14 bits per heavy atom. The Kier molecular flexibility index (Phi) is 5.08. The number of fused-ring (bicyclic) bond motifs is 1. The topological polar surface area (TPSA) is 80.6 Å². The minimum Gasteiger partial charge on any atom is -0.504 e. The van der Waals surface area contributed by atoms with Crippen LogP contribution in [0.5, 0.6) is 17.2 Å². The lowest BCUT2D eigenvalue weighted by molar-refractivity contribution is 0.242. The number of hydrogen-bond acceptors (Lipinski definition) is 7. The number of phenols is 1. The van der Waals surface area contributed by atoms with Gasteiger partial charge in [0.1, 0.15) is 0 Å². The second kappa shape index (κ2) is 7.82. The van der Waals surface area contributed by atoms with Gasteiger partial charge in [0, 0.05) is 55.8 Å². The summed E-state index contributed by atoms with van der Waals surface area (Å²) in [7, 11) is 3.08. The number of ether oxygens (including phenoxy) is 2. The molecule has 1 aliphatic heterocycles. The Labute approximate surface area is 163 Å². The summed E-state index contributed by atoms with van der Waals surface area (Å²) in [4.78, 5) is 15.6. The monoisotopic (exact) mass is 378 g/mol. The second-order valence-electron chi connectivity index (χ2n) is 6.71. The third-order valence-electron chi connectivity index (χ3n) is 4.88. The molecule has 0 bridgehead atoms. The number of nitrogens with zero attached hydrogens (tertiary/aromatic N) is 4. The van der Waals surface area contributed by atoms with Crippen LogP contribution in [0.3, 0.4) is 0 Å². The summed E-state index contributed by atoms with van der Waals surface area (Å²) < 4.78 is 10.5. The van der Waals surface area contributed by atoms with Gasteiger partial charge in [-0.25, -0.2) is 9.97 Å². The van der Waals surface area contributed by atoms with Crippen molar-refractivity contribution in [2.75, 3.05) is 20.8 Å². The van der Waals surface area contributed by atoms with E-state index in [4.69, 9.17) is 14.5 Å². The van der Waals surface area contributed by atoms with Gasteiger partial charge in [0.15, 0.2) is 17.3 Å². The quantitative estimate of drug-likeness (QED) is 0.731. The third kappa shape index (κ3) is 3.61. The molecule has 0 fully saturated rings. The van der Waals surface area contributed by atoms with Gasteiger partial charge in [0.2, 0.25) is 5.75 Å². The molecule has 0 unspecified atom stereocenters. The normalized spacial score (nSPS) is 13.8. The molecule has 0 spiro atoms. The van der Waals surface area contributed by atoms with E-state index in [0.717, 1.165) is 47.7 Å². The highest BCUT2D eigenvalue weighted by molar-refractivity contribution is 5.54. The predicted molar refractivity (Wildman–Crippen MR) is 104 cm³/mol. The maximum atomic E-state index is 10.2. The summed E-state index contributed by atoms with van der Waals surface area (Å²) in [5.41, 5.74) is 4.16. The van der Waals surface area contributed by atoms with Crippen LogP contribution in [0, 0.1) is 0 Å². The van der Waals surface area contributed by atoms with Crippen molar-refractivity contribution in [2.45, 2.75) is 19.5 Å². The summed E-state index contributed by atoms with van der Waals surface area (Å²) in [6.45, 7) is 2.34. The first kappa shape index (κ1) is 18.2. The lowest BCUT2D eigenvalue weighted by Crippen LogP contribution is -2.31. The van der Waals surface area contributed by atoms with Gasteiger partial charge in [-0.05, 0) is 29.8 Å². The smallest absolute Gasteiger partial charge is 0.203 e. The largest absolute Gasteiger partial charge is 0.504 e. The molecule has 28 heavy (non-hydrogen) atoms. The van der Waals surface area contributed by atoms with Gasteiger partial charge < -0.3 is 14.6 Å². The molecule has 7 nitrogen and oxygen atoms in total. The van der Waals surface area contributed by atoms with E-state index < -0.39 is 0 Å². The van der Waals surface area contributed by atoms with Crippen LogP contribution in [0.1, 0.15) is 16.8 Å². The fourth-order valence-electron chi connectivity index (χ4n) is 3.50. The fraction of sp³-hybridized carbons (Fsp3) is 0.286. The summed E-state index contributed by atoms with van der Waals surface area (Å²) >= 11 is 0. The summed E-state index contributed by atoms with van der Waals surface area (Å²) in [6.07, 6.45) is 6.27. The summed E-state index contributed by atoms with van der Waals surface area (Å²) in [5, 5.41) is 10.2. The molecule has 0 atom stereocenters. The van der Waals surface area contributed by atoms with E-state index in [0.29, 0.717) is 18.0 Å². The molecule has 1 aromatic carbocycles. The zero-order valence-electron chi connectivity index (χ0n) is 15.9. The first-order chi connectivity index (χ1) is 13.7. The van der Waals surface area contributed by atoms with Crippen molar-refractivity contribution in [3.63, 3.8) is 0 Å². The number of rotatable bonds is 5. The van der Waals surface area contributed by atoms with Gasteiger partial charge in [-0.15, -0.1) is 0 Å². The standard InChI is InChI=1S/C21H22N4O3/c1-27-19-10-14(9-18(26)20(19)28-2)12-25-8-5-17-16(13-25)11-23-21(24-17)15-3-6-22-7-4-15/h3-4,6-7,9-11,26H,5,8,12-13H2,1-2H3. The highest BCUT2D eigenvalue weighted by Crippen LogP contribution is 2.38. The van der Waals surface area contributed by atoms with Gasteiger partial charge in [0.05, 0.1) is 19.9 Å². The molecular formula is C21H22N4O3. The van der Waals surface area contributed by atoms with E-state index in [1.54, 1.807) is 25.6 Å². The van der Waals surface area contributed by atoms with Crippen LogP contribution >= 0.6 is 0 Å². The Morgan fingerprint density at radius 2 is 1.96 bits per heavy atom. The number of aromatic nitrogens is 3. The highest BCUT2D eigenvalue weighted by Gasteiger charge is 2.20. The molecule has 0 saturated heterocycles. The lowest BCUT2D eigenvalue weighted by Gasteiger charge is -2.28. The lowest BCUT2D eigenvalue weighted by atomic mass is 10.1. The molecule has 4 rings (SSSR count). The predicted octanol–water partition coefficient (Wildman–Crippen LogP) is 2.82. The van der Waals surface area contributed by atoms with Crippen molar-refractivity contribution < 1.29 is 14.6 Å². The van der Waals surface area contributed by atoms with E-state index in [2.05, 4.69) is 14.9 Å². The highest BCUT2D eigenvalue weighted by atomic mass is 16.5. The molecule has 0 aliphatic carbocycles. The molecular weight excluding hydrogens is 356 g/mol. The van der Waals surface area contributed by atoms with E-state index in [9.17, 15) is 5.11 Å². The van der Waals surface area contributed by atoms with Gasteiger partial charge in [0.25, 0.3) is 0 Å². The van der Waals surface area contributed by atoms with Crippen molar-refractivity contribution in [1.29, 1.82) is 0 Å². The zero-order valence-corrected chi connectivity index (χ0v) is 15.9. The zero-order chi connectivity index (χ0) is 19.5. The molecule has 0 saturated carbocycles. The second-order valence-corrected chi connectivity index (χ2v) is 6.71. The van der Waals surface area contributed by atoms with E-state index >= 15 is 0 Å². The maximum Gasteiger partial charge on any atom is 0.203 e. The van der Waals surface area contributed by atoms with Gasteiger partial charge in [-0.3, -0.25) is 9.88 Å². The van der Waals surface area contributed by atoms with Gasteiger partial charge >= 0.3 is 0 Å².